The maximum atomic E-state index is 12.6. The van der Waals surface area contributed by atoms with Crippen molar-refractivity contribution in [3.63, 3.8) is 0 Å². The lowest BCUT2D eigenvalue weighted by atomic mass is 10.1. The van der Waals surface area contributed by atoms with Crippen LogP contribution in [0.15, 0.2) is 93.4 Å². The highest BCUT2D eigenvalue weighted by atomic mass is 32.2. The summed E-state index contributed by atoms with van der Waals surface area (Å²) in [6, 6.07) is 24.3. The molecule has 0 aliphatic carbocycles. The number of rotatable bonds is 4. The smallest absolute Gasteiger partial charge is 0.363 e. The first-order valence-electron chi connectivity index (χ1n) is 10.7. The number of cyclic esters (lactones) is 1. The average Bonchev–Trinajstić information content (AvgIpc) is 3.16. The Hall–Kier alpha value is -3.70. The highest BCUT2D eigenvalue weighted by molar-refractivity contribution is 7.99. The second-order valence-corrected chi connectivity index (χ2v) is 9.26. The molecule has 0 atom stereocenters. The van der Waals surface area contributed by atoms with Crippen molar-refractivity contribution >= 4 is 40.6 Å². The fourth-order valence-corrected chi connectivity index (χ4v) is 4.45. The number of hydrogen-bond donors (Lipinski definition) is 0. The second-order valence-electron chi connectivity index (χ2n) is 8.20. The van der Waals surface area contributed by atoms with Gasteiger partial charge in [0.25, 0.3) is 0 Å². The molecule has 1 aliphatic rings. The van der Waals surface area contributed by atoms with Gasteiger partial charge in [-0.2, -0.15) is 0 Å². The summed E-state index contributed by atoms with van der Waals surface area (Å²) in [4.78, 5) is 23.1. The number of carbonyl (C=O) groups excluding carboxylic acids is 1. The van der Waals surface area contributed by atoms with Gasteiger partial charge in [0.05, 0.1) is 5.52 Å². The number of hydrogen-bond acceptors (Lipinski definition) is 5. The van der Waals surface area contributed by atoms with Gasteiger partial charge in [0.15, 0.2) is 5.70 Å². The van der Waals surface area contributed by atoms with Crippen LogP contribution in [0.2, 0.25) is 0 Å². The van der Waals surface area contributed by atoms with Crippen LogP contribution in [-0.2, 0) is 9.53 Å². The molecule has 1 aliphatic heterocycles. The summed E-state index contributed by atoms with van der Waals surface area (Å²) in [6.45, 7) is 6.13. The third-order valence-corrected chi connectivity index (χ3v) is 6.44. The predicted octanol–water partition coefficient (Wildman–Crippen LogP) is 6.66. The van der Waals surface area contributed by atoms with Crippen LogP contribution >= 0.6 is 11.8 Å². The molecule has 5 rings (SSSR count). The zero-order valence-electron chi connectivity index (χ0n) is 18.6. The van der Waals surface area contributed by atoms with E-state index < -0.39 is 5.97 Å². The Balaban J connectivity index is 1.59. The van der Waals surface area contributed by atoms with Crippen molar-refractivity contribution in [1.29, 1.82) is 0 Å². The van der Waals surface area contributed by atoms with E-state index in [1.54, 1.807) is 17.8 Å². The lowest BCUT2D eigenvalue weighted by molar-refractivity contribution is -0.129. The molecule has 1 aromatic heterocycles. The van der Waals surface area contributed by atoms with Crippen molar-refractivity contribution in [1.82, 2.24) is 4.98 Å². The molecule has 0 N–H and O–H groups in total. The molecule has 0 fully saturated rings. The Labute approximate surface area is 197 Å². The van der Waals surface area contributed by atoms with Gasteiger partial charge in [-0.25, -0.2) is 14.8 Å². The van der Waals surface area contributed by atoms with Gasteiger partial charge in [-0.05, 0) is 69.3 Å². The summed E-state index contributed by atoms with van der Waals surface area (Å²) in [5.41, 5.74) is 6.28. The molecule has 0 radical (unpaired) electrons. The first kappa shape index (κ1) is 21.2. The monoisotopic (exact) mass is 450 g/mol. The molecule has 0 saturated heterocycles. The number of aromatic nitrogens is 1. The van der Waals surface area contributed by atoms with Gasteiger partial charge in [0.2, 0.25) is 5.90 Å². The SMILES string of the molecule is Cc1ccc(Sc2nc3ccc(C)cc3cc2C=C2N=C(c3ccc(C)cc3)OC2=O)cc1. The zero-order chi connectivity index (χ0) is 22.9. The molecule has 3 aromatic carbocycles. The lowest BCUT2D eigenvalue weighted by Gasteiger charge is -2.09. The summed E-state index contributed by atoms with van der Waals surface area (Å²) >= 11 is 1.57. The number of aliphatic imine (C=N–C) groups is 1. The summed E-state index contributed by atoms with van der Waals surface area (Å²) in [6.07, 6.45) is 1.77. The molecule has 33 heavy (non-hydrogen) atoms. The van der Waals surface area contributed by atoms with Crippen LogP contribution in [0.4, 0.5) is 0 Å². The van der Waals surface area contributed by atoms with E-state index in [-0.39, 0.29) is 5.70 Å². The zero-order valence-corrected chi connectivity index (χ0v) is 19.4. The van der Waals surface area contributed by atoms with Crippen molar-refractivity contribution in [2.24, 2.45) is 4.99 Å². The highest BCUT2D eigenvalue weighted by Gasteiger charge is 2.24. The van der Waals surface area contributed by atoms with Gasteiger partial charge >= 0.3 is 5.97 Å². The number of fused-ring (bicyclic) bond motifs is 1. The van der Waals surface area contributed by atoms with Crippen molar-refractivity contribution in [3.8, 4) is 0 Å². The van der Waals surface area contributed by atoms with E-state index in [4.69, 9.17) is 9.72 Å². The van der Waals surface area contributed by atoms with E-state index in [1.165, 1.54) is 5.56 Å². The van der Waals surface area contributed by atoms with Crippen LogP contribution in [0.5, 0.6) is 0 Å². The van der Waals surface area contributed by atoms with Crippen molar-refractivity contribution < 1.29 is 9.53 Å². The molecule has 4 nitrogen and oxygen atoms in total. The third-order valence-electron chi connectivity index (χ3n) is 5.41. The quantitative estimate of drug-likeness (QED) is 0.258. The number of benzene rings is 3. The minimum Gasteiger partial charge on any atom is -0.402 e. The van der Waals surface area contributed by atoms with Crippen molar-refractivity contribution in [2.75, 3.05) is 0 Å². The minimum atomic E-state index is -0.457. The standard InChI is InChI=1S/C28H22N2O2S/c1-17-4-9-20(10-5-17)26-29-25(28(31)32-26)16-22-15-21-14-19(3)8-13-24(21)30-27(22)33-23-11-6-18(2)7-12-23/h4-16H,1-3H3. The lowest BCUT2D eigenvalue weighted by Crippen LogP contribution is -2.05. The summed E-state index contributed by atoms with van der Waals surface area (Å²) in [7, 11) is 0. The first-order chi connectivity index (χ1) is 15.9. The molecule has 0 amide bonds. The maximum Gasteiger partial charge on any atom is 0.363 e. The molecule has 0 bridgehead atoms. The number of ether oxygens (including phenoxy) is 1. The molecule has 5 heteroatoms. The van der Waals surface area contributed by atoms with Crippen LogP contribution in [0.1, 0.15) is 27.8 Å². The predicted molar refractivity (Wildman–Crippen MR) is 134 cm³/mol. The number of aryl methyl sites for hydroxylation is 3. The Bertz CT molecular complexity index is 1440. The molecule has 162 valence electrons. The van der Waals surface area contributed by atoms with Gasteiger partial charge in [0, 0.05) is 21.4 Å². The van der Waals surface area contributed by atoms with E-state index in [9.17, 15) is 4.79 Å². The number of nitrogens with zero attached hydrogens (tertiary/aromatic N) is 2. The van der Waals surface area contributed by atoms with Gasteiger partial charge in [-0.3, -0.25) is 0 Å². The number of carbonyl (C=O) groups is 1. The topological polar surface area (TPSA) is 51.6 Å². The molecule has 2 heterocycles. The second kappa shape index (κ2) is 8.68. The van der Waals surface area contributed by atoms with Gasteiger partial charge in [-0.1, -0.05) is 58.8 Å². The minimum absolute atomic E-state index is 0.269. The first-order valence-corrected chi connectivity index (χ1v) is 11.5. The normalized spacial score (nSPS) is 14.6. The van der Waals surface area contributed by atoms with Crippen LogP contribution in [0.25, 0.3) is 17.0 Å². The Morgan fingerprint density at radius 3 is 2.21 bits per heavy atom. The van der Waals surface area contributed by atoms with Gasteiger partial charge in [0.1, 0.15) is 5.03 Å². The Morgan fingerprint density at radius 2 is 1.48 bits per heavy atom. The van der Waals surface area contributed by atoms with E-state index >= 15 is 0 Å². The number of esters is 1. The summed E-state index contributed by atoms with van der Waals surface area (Å²) in [5.74, 6) is -0.134. The van der Waals surface area contributed by atoms with Crippen LogP contribution in [0.3, 0.4) is 0 Å². The van der Waals surface area contributed by atoms with Gasteiger partial charge < -0.3 is 4.74 Å². The van der Waals surface area contributed by atoms with E-state index in [1.807, 2.05) is 37.3 Å². The average molecular weight is 451 g/mol. The fraction of sp³-hybridized carbons (Fsp3) is 0.107. The largest absolute Gasteiger partial charge is 0.402 e. The molecule has 0 unspecified atom stereocenters. The Morgan fingerprint density at radius 1 is 0.818 bits per heavy atom. The fourth-order valence-electron chi connectivity index (χ4n) is 3.57. The third kappa shape index (κ3) is 4.59. The Kier molecular flexibility index (Phi) is 5.56. The van der Waals surface area contributed by atoms with E-state index in [0.717, 1.165) is 43.1 Å². The van der Waals surface area contributed by atoms with E-state index in [2.05, 4.69) is 61.3 Å². The molecule has 0 saturated carbocycles. The van der Waals surface area contributed by atoms with Crippen LogP contribution in [0, 0.1) is 20.8 Å². The summed E-state index contributed by atoms with van der Waals surface area (Å²) < 4.78 is 5.47. The van der Waals surface area contributed by atoms with Gasteiger partial charge in [-0.15, -0.1) is 0 Å². The van der Waals surface area contributed by atoms with Crippen molar-refractivity contribution in [3.05, 3.63) is 106 Å². The maximum absolute atomic E-state index is 12.6. The molecule has 4 aromatic rings. The highest BCUT2D eigenvalue weighted by Crippen LogP contribution is 2.33. The van der Waals surface area contributed by atoms with E-state index in [0.29, 0.717) is 5.90 Å². The molecular formula is C28H22N2O2S. The molecule has 0 spiro atoms. The van der Waals surface area contributed by atoms with Crippen LogP contribution < -0.4 is 0 Å². The van der Waals surface area contributed by atoms with Crippen molar-refractivity contribution in [2.45, 2.75) is 30.7 Å². The van der Waals surface area contributed by atoms with Crippen LogP contribution in [-0.4, -0.2) is 16.9 Å². The number of pyridine rings is 1. The summed E-state index contributed by atoms with van der Waals surface area (Å²) in [5, 5.41) is 1.83. The molecular weight excluding hydrogens is 428 g/mol.